The molecule has 6 nitrogen and oxygen atoms in total. The van der Waals surface area contributed by atoms with E-state index in [4.69, 9.17) is 16.3 Å². The Labute approximate surface area is 151 Å². The molecular weight excluding hydrogens is 340 g/mol. The van der Waals surface area contributed by atoms with Crippen molar-refractivity contribution in [3.05, 3.63) is 41.3 Å². The summed E-state index contributed by atoms with van der Waals surface area (Å²) in [5.74, 6) is 2.48. The van der Waals surface area contributed by atoms with Crippen molar-refractivity contribution in [3.63, 3.8) is 0 Å². The predicted molar refractivity (Wildman–Crippen MR) is 96.4 cm³/mol. The van der Waals surface area contributed by atoms with E-state index in [2.05, 4.69) is 15.3 Å². The highest BCUT2D eigenvalue weighted by Crippen LogP contribution is 2.39. The number of nitrogens with zero attached hydrogens (tertiary/aromatic N) is 3. The Morgan fingerprint density at radius 1 is 1.24 bits per heavy atom. The van der Waals surface area contributed by atoms with Crippen LogP contribution in [-0.2, 0) is 4.79 Å². The Bertz CT molecular complexity index is 809. The van der Waals surface area contributed by atoms with Crippen LogP contribution < -0.4 is 15.0 Å². The largest absolute Gasteiger partial charge is 0.495 e. The fourth-order valence-electron chi connectivity index (χ4n) is 3.12. The van der Waals surface area contributed by atoms with Gasteiger partial charge in [-0.25, -0.2) is 9.97 Å². The molecule has 1 aliphatic carbocycles. The fraction of sp³-hybridized carbons (Fsp3) is 0.389. The lowest BCUT2D eigenvalue weighted by molar-refractivity contribution is -0.117. The number of hydrogen-bond donors (Lipinski definition) is 1. The Hall–Kier alpha value is -2.34. The molecule has 0 spiro atoms. The van der Waals surface area contributed by atoms with E-state index in [-0.39, 0.29) is 11.9 Å². The third-order valence-electron chi connectivity index (χ3n) is 4.56. The zero-order chi connectivity index (χ0) is 17.4. The van der Waals surface area contributed by atoms with Crippen molar-refractivity contribution in [2.45, 2.75) is 31.2 Å². The van der Waals surface area contributed by atoms with Crippen LogP contribution >= 0.6 is 11.6 Å². The van der Waals surface area contributed by atoms with Gasteiger partial charge in [-0.1, -0.05) is 23.7 Å². The molecule has 2 fully saturated rings. The van der Waals surface area contributed by atoms with Gasteiger partial charge in [-0.15, -0.1) is 0 Å². The van der Waals surface area contributed by atoms with E-state index >= 15 is 0 Å². The van der Waals surface area contributed by atoms with Gasteiger partial charge in [0.15, 0.2) is 0 Å². The Balaban J connectivity index is 1.52. The van der Waals surface area contributed by atoms with Crippen LogP contribution in [0.1, 0.15) is 31.0 Å². The van der Waals surface area contributed by atoms with Crippen molar-refractivity contribution in [2.75, 3.05) is 23.9 Å². The number of hydrogen-bond acceptors (Lipinski definition) is 5. The van der Waals surface area contributed by atoms with E-state index in [0.29, 0.717) is 35.6 Å². The van der Waals surface area contributed by atoms with E-state index in [0.717, 1.165) is 24.4 Å². The summed E-state index contributed by atoms with van der Waals surface area (Å²) in [6, 6.07) is 8.88. The number of amides is 1. The zero-order valence-corrected chi connectivity index (χ0v) is 14.7. The lowest BCUT2D eigenvalue weighted by Gasteiger charge is -2.20. The molecule has 1 saturated heterocycles. The van der Waals surface area contributed by atoms with Crippen LogP contribution in [0.4, 0.5) is 11.5 Å². The number of aromatic nitrogens is 2. The molecule has 1 amide bonds. The minimum Gasteiger partial charge on any atom is -0.495 e. The molecule has 1 aromatic heterocycles. The number of carbonyl (C=O) groups is 1. The Kier molecular flexibility index (Phi) is 4.21. The molecule has 0 radical (unpaired) electrons. The molecule has 2 heterocycles. The smallest absolute Gasteiger partial charge is 0.249 e. The fourth-order valence-corrected chi connectivity index (χ4v) is 3.31. The number of benzene rings is 1. The van der Waals surface area contributed by atoms with Crippen molar-refractivity contribution >= 4 is 29.0 Å². The molecule has 2 aromatic rings. The van der Waals surface area contributed by atoms with Crippen molar-refractivity contribution in [1.29, 1.82) is 0 Å². The van der Waals surface area contributed by atoms with Crippen molar-refractivity contribution in [3.8, 4) is 5.75 Å². The monoisotopic (exact) mass is 358 g/mol. The van der Waals surface area contributed by atoms with Gasteiger partial charge >= 0.3 is 0 Å². The first kappa shape index (κ1) is 16.1. The lowest BCUT2D eigenvalue weighted by Crippen LogP contribution is -2.34. The molecule has 1 saturated carbocycles. The highest BCUT2D eigenvalue weighted by atomic mass is 35.5. The number of nitrogens with one attached hydrogen (secondary N) is 1. The molecular formula is C18H19ClN4O2. The molecule has 0 bridgehead atoms. The maximum absolute atomic E-state index is 12.8. The second-order valence-corrected chi connectivity index (χ2v) is 6.74. The van der Waals surface area contributed by atoms with Gasteiger partial charge in [-0.2, -0.15) is 0 Å². The molecule has 1 N–H and O–H groups in total. The first-order chi connectivity index (χ1) is 12.2. The van der Waals surface area contributed by atoms with Gasteiger partial charge in [0.1, 0.15) is 28.6 Å². The molecule has 1 aliphatic heterocycles. The molecule has 25 heavy (non-hydrogen) atoms. The van der Waals surface area contributed by atoms with Gasteiger partial charge < -0.3 is 15.0 Å². The predicted octanol–water partition coefficient (Wildman–Crippen LogP) is 3.23. The van der Waals surface area contributed by atoms with Gasteiger partial charge in [-0.05, 0) is 31.4 Å². The Morgan fingerprint density at radius 2 is 2.04 bits per heavy atom. The average Bonchev–Trinajstić information content (AvgIpc) is 3.40. The number of anilines is 2. The summed E-state index contributed by atoms with van der Waals surface area (Å²) in [5.41, 5.74) is 0.790. The highest BCUT2D eigenvalue weighted by molar-refractivity contribution is 6.29. The second-order valence-electron chi connectivity index (χ2n) is 6.36. The van der Waals surface area contributed by atoms with Crippen molar-refractivity contribution in [1.82, 2.24) is 9.97 Å². The van der Waals surface area contributed by atoms with E-state index in [1.165, 1.54) is 0 Å². The van der Waals surface area contributed by atoms with E-state index in [9.17, 15) is 4.79 Å². The van der Waals surface area contributed by atoms with Crippen molar-refractivity contribution < 1.29 is 9.53 Å². The van der Waals surface area contributed by atoms with Crippen LogP contribution in [0.25, 0.3) is 0 Å². The molecule has 1 unspecified atom stereocenters. The average molecular weight is 359 g/mol. The first-order valence-electron chi connectivity index (χ1n) is 8.41. The molecule has 4 rings (SSSR count). The second kappa shape index (κ2) is 6.52. The molecule has 130 valence electrons. The third kappa shape index (κ3) is 3.26. The van der Waals surface area contributed by atoms with Gasteiger partial charge in [0.25, 0.3) is 0 Å². The number of rotatable bonds is 5. The van der Waals surface area contributed by atoms with Crippen LogP contribution in [0.2, 0.25) is 5.15 Å². The third-order valence-corrected chi connectivity index (χ3v) is 4.75. The quantitative estimate of drug-likeness (QED) is 0.831. The summed E-state index contributed by atoms with van der Waals surface area (Å²) in [4.78, 5) is 23.4. The van der Waals surface area contributed by atoms with E-state index in [1.54, 1.807) is 18.1 Å². The SMILES string of the molecule is COc1ccccc1N1CCC(Nc2cc(Cl)nc(C3CC3)n2)C1=O. The summed E-state index contributed by atoms with van der Waals surface area (Å²) < 4.78 is 5.37. The van der Waals surface area contributed by atoms with Crippen molar-refractivity contribution in [2.24, 2.45) is 0 Å². The van der Waals surface area contributed by atoms with Crippen LogP contribution in [0.5, 0.6) is 5.75 Å². The first-order valence-corrected chi connectivity index (χ1v) is 8.79. The minimum atomic E-state index is -0.331. The number of carbonyl (C=O) groups excluding carboxylic acids is 1. The maximum Gasteiger partial charge on any atom is 0.249 e. The summed E-state index contributed by atoms with van der Waals surface area (Å²) >= 11 is 6.10. The number of ether oxygens (including phenoxy) is 1. The van der Waals surface area contributed by atoms with Gasteiger partial charge in [0.05, 0.1) is 12.8 Å². The molecule has 2 aliphatic rings. The minimum absolute atomic E-state index is 0.00667. The molecule has 1 aromatic carbocycles. The summed E-state index contributed by atoms with van der Waals surface area (Å²) in [6.07, 6.45) is 2.89. The summed E-state index contributed by atoms with van der Waals surface area (Å²) in [5, 5.41) is 3.63. The maximum atomic E-state index is 12.8. The van der Waals surface area contributed by atoms with Crippen LogP contribution in [0, 0.1) is 0 Å². The van der Waals surface area contributed by atoms with Gasteiger partial charge in [0, 0.05) is 18.5 Å². The number of para-hydroxylation sites is 2. The number of halogens is 1. The van der Waals surface area contributed by atoms with Crippen LogP contribution in [-0.4, -0.2) is 35.6 Å². The van der Waals surface area contributed by atoms with E-state index in [1.807, 2.05) is 24.3 Å². The summed E-state index contributed by atoms with van der Waals surface area (Å²) in [7, 11) is 1.61. The number of methoxy groups -OCH3 is 1. The highest BCUT2D eigenvalue weighted by Gasteiger charge is 2.34. The van der Waals surface area contributed by atoms with Gasteiger partial charge in [-0.3, -0.25) is 4.79 Å². The normalized spacial score (nSPS) is 20.0. The zero-order valence-electron chi connectivity index (χ0n) is 13.9. The van der Waals surface area contributed by atoms with Crippen LogP contribution in [0.3, 0.4) is 0 Å². The van der Waals surface area contributed by atoms with E-state index < -0.39 is 0 Å². The lowest BCUT2D eigenvalue weighted by atomic mass is 10.2. The van der Waals surface area contributed by atoms with Crippen LogP contribution in [0.15, 0.2) is 30.3 Å². The summed E-state index contributed by atoms with van der Waals surface area (Å²) in [6.45, 7) is 0.630. The molecule has 7 heteroatoms. The van der Waals surface area contributed by atoms with Gasteiger partial charge in [0.2, 0.25) is 5.91 Å². The standard InChI is InChI=1S/C18H19ClN4O2/c1-25-14-5-3-2-4-13(14)23-9-8-12(18(23)24)20-16-10-15(19)21-17(22-16)11-6-7-11/h2-5,10-12H,6-9H2,1H3,(H,20,21,22). The Morgan fingerprint density at radius 3 is 2.80 bits per heavy atom. The topological polar surface area (TPSA) is 67.3 Å². The molecule has 1 atom stereocenters.